The maximum atomic E-state index is 5.40. The highest BCUT2D eigenvalue weighted by atomic mass is 16.5. The summed E-state index contributed by atoms with van der Waals surface area (Å²) in [6.07, 6.45) is 5.31. The van der Waals surface area contributed by atoms with Gasteiger partial charge in [-0.25, -0.2) is 0 Å². The van der Waals surface area contributed by atoms with E-state index in [0.717, 1.165) is 37.2 Å². The van der Waals surface area contributed by atoms with E-state index in [0.29, 0.717) is 0 Å². The molecule has 0 fully saturated rings. The van der Waals surface area contributed by atoms with Crippen molar-refractivity contribution in [2.45, 2.75) is 46.0 Å². The summed E-state index contributed by atoms with van der Waals surface area (Å²) in [6.45, 7) is 11.9. The van der Waals surface area contributed by atoms with Crippen molar-refractivity contribution in [3.05, 3.63) is 24.7 Å². The van der Waals surface area contributed by atoms with Crippen molar-refractivity contribution in [1.82, 2.24) is 0 Å². The van der Waals surface area contributed by atoms with E-state index in [4.69, 9.17) is 4.74 Å². The van der Waals surface area contributed by atoms with Crippen molar-refractivity contribution in [3.63, 3.8) is 0 Å². The van der Waals surface area contributed by atoms with Crippen LogP contribution in [-0.2, 0) is 4.74 Å². The van der Waals surface area contributed by atoms with Gasteiger partial charge >= 0.3 is 0 Å². The Bertz CT molecular complexity index is 147. The van der Waals surface area contributed by atoms with Gasteiger partial charge in [0.25, 0.3) is 0 Å². The lowest BCUT2D eigenvalue weighted by Crippen LogP contribution is -1.90. The van der Waals surface area contributed by atoms with Gasteiger partial charge in [-0.05, 0) is 12.8 Å². The molecule has 1 heteroatoms. The fourth-order valence-corrected chi connectivity index (χ4v) is 0.959. The Morgan fingerprint density at radius 1 is 1.00 bits per heavy atom. The molecule has 0 N–H and O–H groups in total. The van der Waals surface area contributed by atoms with Crippen molar-refractivity contribution in [2.24, 2.45) is 0 Å². The summed E-state index contributed by atoms with van der Waals surface area (Å²) in [7, 11) is 0. The molecule has 0 aromatic rings. The lowest BCUT2D eigenvalue weighted by Gasteiger charge is -2.09. The molecule has 0 rings (SSSR count). The average Bonchev–Trinajstić information content (AvgIpc) is 2.01. The third-order valence-electron chi connectivity index (χ3n) is 1.63. The Labute approximate surface area is 76.1 Å². The summed E-state index contributed by atoms with van der Waals surface area (Å²) in [6, 6.07) is 0. The van der Waals surface area contributed by atoms with Crippen LogP contribution in [0, 0.1) is 0 Å². The van der Waals surface area contributed by atoms with Gasteiger partial charge in [0.1, 0.15) is 0 Å². The molecule has 70 valence electrons. The molecule has 0 aliphatic rings. The summed E-state index contributed by atoms with van der Waals surface area (Å²) in [5.74, 6) is 1.70. The highest BCUT2D eigenvalue weighted by Crippen LogP contribution is 2.13. The molecular formula is C11H20O. The van der Waals surface area contributed by atoms with Crippen molar-refractivity contribution in [3.8, 4) is 0 Å². The molecular weight excluding hydrogens is 148 g/mol. The number of hydrogen-bond donors (Lipinski definition) is 0. The molecule has 0 aliphatic carbocycles. The zero-order chi connectivity index (χ0) is 9.40. The minimum absolute atomic E-state index is 0.846. The third-order valence-corrected chi connectivity index (χ3v) is 1.63. The van der Waals surface area contributed by atoms with Gasteiger partial charge in [-0.3, -0.25) is 0 Å². The van der Waals surface area contributed by atoms with Crippen LogP contribution < -0.4 is 0 Å². The van der Waals surface area contributed by atoms with Gasteiger partial charge in [0, 0.05) is 12.8 Å². The average molecular weight is 168 g/mol. The second kappa shape index (κ2) is 6.96. The molecule has 12 heavy (non-hydrogen) atoms. The summed E-state index contributed by atoms with van der Waals surface area (Å²) >= 11 is 0. The molecule has 0 aromatic heterocycles. The fourth-order valence-electron chi connectivity index (χ4n) is 0.959. The van der Waals surface area contributed by atoms with Crippen LogP contribution in [0.2, 0.25) is 0 Å². The van der Waals surface area contributed by atoms with E-state index < -0.39 is 0 Å². The molecule has 0 saturated heterocycles. The van der Waals surface area contributed by atoms with Gasteiger partial charge < -0.3 is 4.74 Å². The van der Waals surface area contributed by atoms with Gasteiger partial charge in [-0.15, -0.1) is 0 Å². The first-order valence-corrected chi connectivity index (χ1v) is 4.74. The van der Waals surface area contributed by atoms with E-state index in [1.165, 1.54) is 6.42 Å². The molecule has 0 bridgehead atoms. The zero-order valence-corrected chi connectivity index (χ0v) is 8.36. The Morgan fingerprint density at radius 2 is 1.58 bits per heavy atom. The van der Waals surface area contributed by atoms with Crippen LogP contribution in [0.15, 0.2) is 24.7 Å². The molecule has 0 heterocycles. The van der Waals surface area contributed by atoms with Crippen LogP contribution in [0.4, 0.5) is 0 Å². The molecule has 0 amide bonds. The van der Waals surface area contributed by atoms with Gasteiger partial charge in [-0.2, -0.15) is 0 Å². The van der Waals surface area contributed by atoms with Gasteiger partial charge in [0.15, 0.2) is 0 Å². The normalized spacial score (nSPS) is 9.50. The number of ether oxygens (including phenoxy) is 1. The van der Waals surface area contributed by atoms with Gasteiger partial charge in [0.05, 0.1) is 11.5 Å². The van der Waals surface area contributed by atoms with Crippen molar-refractivity contribution in [1.29, 1.82) is 0 Å². The molecule has 0 aliphatic heterocycles. The molecule has 0 saturated carbocycles. The molecule has 0 unspecified atom stereocenters. The molecule has 0 radical (unpaired) electrons. The fraction of sp³-hybridized carbons (Fsp3) is 0.636. The number of allylic oxidation sites excluding steroid dienone is 2. The van der Waals surface area contributed by atoms with E-state index in [1.54, 1.807) is 0 Å². The Hall–Kier alpha value is -0.720. The zero-order valence-electron chi connectivity index (χ0n) is 8.36. The van der Waals surface area contributed by atoms with E-state index in [-0.39, 0.29) is 0 Å². The number of rotatable bonds is 7. The van der Waals surface area contributed by atoms with Crippen LogP contribution in [-0.4, -0.2) is 0 Å². The first-order chi connectivity index (χ1) is 5.70. The van der Waals surface area contributed by atoms with Crippen LogP contribution >= 0.6 is 0 Å². The Morgan fingerprint density at radius 3 is 2.08 bits per heavy atom. The highest BCUT2D eigenvalue weighted by molar-refractivity contribution is 4.92. The minimum Gasteiger partial charge on any atom is -0.467 e. The largest absolute Gasteiger partial charge is 0.467 e. The molecule has 0 aromatic carbocycles. The third kappa shape index (κ3) is 6.02. The minimum atomic E-state index is 0.846. The quantitative estimate of drug-likeness (QED) is 0.522. The molecule has 0 atom stereocenters. The maximum Gasteiger partial charge on any atom is 0.0964 e. The standard InChI is InChI=1S/C11H20O/c1-5-7-9-11(4)12-10(3)8-6-2/h3-9H2,1-2H3. The van der Waals surface area contributed by atoms with Crippen LogP contribution in [0.1, 0.15) is 46.0 Å². The van der Waals surface area contributed by atoms with E-state index in [1.807, 2.05) is 0 Å². The van der Waals surface area contributed by atoms with E-state index in [9.17, 15) is 0 Å². The summed E-state index contributed by atoms with van der Waals surface area (Å²) < 4.78 is 5.40. The van der Waals surface area contributed by atoms with Crippen LogP contribution in [0.25, 0.3) is 0 Å². The SMILES string of the molecule is C=C(CCC)OC(=C)CCCC. The Balaban J connectivity index is 3.47. The molecule has 0 spiro atoms. The lowest BCUT2D eigenvalue weighted by atomic mass is 10.2. The van der Waals surface area contributed by atoms with Crippen LogP contribution in [0.3, 0.4) is 0 Å². The highest BCUT2D eigenvalue weighted by Gasteiger charge is 1.97. The second-order valence-corrected chi connectivity index (χ2v) is 3.03. The van der Waals surface area contributed by atoms with Crippen molar-refractivity contribution in [2.75, 3.05) is 0 Å². The lowest BCUT2D eigenvalue weighted by molar-refractivity contribution is 0.277. The summed E-state index contributed by atoms with van der Waals surface area (Å²) in [4.78, 5) is 0. The topological polar surface area (TPSA) is 9.23 Å². The summed E-state index contributed by atoms with van der Waals surface area (Å²) in [5.41, 5.74) is 0. The maximum absolute atomic E-state index is 5.40. The van der Waals surface area contributed by atoms with Crippen LogP contribution in [0.5, 0.6) is 0 Å². The van der Waals surface area contributed by atoms with E-state index >= 15 is 0 Å². The molecule has 1 nitrogen and oxygen atoms in total. The van der Waals surface area contributed by atoms with Crippen molar-refractivity contribution >= 4 is 0 Å². The predicted molar refractivity (Wildman–Crippen MR) is 53.8 cm³/mol. The predicted octanol–water partition coefficient (Wildman–Crippen LogP) is 4.02. The Kier molecular flexibility index (Phi) is 6.54. The number of unbranched alkanes of at least 4 members (excludes halogenated alkanes) is 1. The van der Waals surface area contributed by atoms with Gasteiger partial charge in [-0.1, -0.05) is 33.4 Å². The summed E-state index contributed by atoms with van der Waals surface area (Å²) in [5, 5.41) is 0. The van der Waals surface area contributed by atoms with Crippen molar-refractivity contribution < 1.29 is 4.74 Å². The first kappa shape index (κ1) is 11.3. The van der Waals surface area contributed by atoms with Gasteiger partial charge in [0.2, 0.25) is 0 Å². The smallest absolute Gasteiger partial charge is 0.0964 e. The first-order valence-electron chi connectivity index (χ1n) is 4.74. The van der Waals surface area contributed by atoms with E-state index in [2.05, 4.69) is 27.0 Å². The second-order valence-electron chi connectivity index (χ2n) is 3.03. The monoisotopic (exact) mass is 168 g/mol. The number of hydrogen-bond acceptors (Lipinski definition) is 1.